The minimum Gasteiger partial charge on any atom is -0.477 e. The molecule has 4 aliphatic carbocycles. The summed E-state index contributed by atoms with van der Waals surface area (Å²) in [5, 5.41) is 20.6. The third kappa shape index (κ3) is 2.75. The zero-order valence-electron chi connectivity index (χ0n) is 15.5. The Morgan fingerprint density at radius 2 is 1.75 bits per heavy atom. The third-order valence-electron chi connectivity index (χ3n) is 6.74. The first kappa shape index (κ1) is 17.5. The number of pyridine rings is 1. The van der Waals surface area contributed by atoms with Gasteiger partial charge in [0.1, 0.15) is 11.3 Å². The van der Waals surface area contributed by atoms with Crippen molar-refractivity contribution < 1.29 is 19.7 Å². The van der Waals surface area contributed by atoms with Crippen molar-refractivity contribution in [3.05, 3.63) is 58.5 Å². The number of aromatic carboxylic acids is 1. The molecule has 0 aliphatic heterocycles. The zero-order chi connectivity index (χ0) is 19.5. The molecule has 6 nitrogen and oxygen atoms in total. The molecule has 4 bridgehead atoms. The average molecular weight is 381 g/mol. The van der Waals surface area contributed by atoms with Crippen LogP contribution in [-0.4, -0.2) is 26.4 Å². The number of nitrogens with zero attached hydrogens (tertiary/aromatic N) is 1. The van der Waals surface area contributed by atoms with Crippen molar-refractivity contribution >= 4 is 5.97 Å². The summed E-state index contributed by atoms with van der Waals surface area (Å²) in [6, 6.07) is 8.89. The molecule has 146 valence electrons. The van der Waals surface area contributed by atoms with Gasteiger partial charge in [-0.15, -0.1) is 0 Å². The first-order valence-electron chi connectivity index (χ1n) is 9.81. The third-order valence-corrected chi connectivity index (χ3v) is 6.74. The van der Waals surface area contributed by atoms with Gasteiger partial charge < -0.3 is 19.5 Å². The quantitative estimate of drug-likeness (QED) is 0.848. The topological polar surface area (TPSA) is 88.8 Å². The summed E-state index contributed by atoms with van der Waals surface area (Å²) >= 11 is 0. The molecule has 2 atom stereocenters. The lowest BCUT2D eigenvalue weighted by atomic mass is 9.51. The second-order valence-corrected chi connectivity index (χ2v) is 8.90. The van der Waals surface area contributed by atoms with E-state index < -0.39 is 17.0 Å². The molecular weight excluding hydrogens is 358 g/mol. The number of carbonyl (C=O) groups is 1. The van der Waals surface area contributed by atoms with Crippen LogP contribution < -0.4 is 10.2 Å². The van der Waals surface area contributed by atoms with Gasteiger partial charge >= 0.3 is 5.97 Å². The smallest absolute Gasteiger partial charge is 0.341 e. The predicted molar refractivity (Wildman–Crippen MR) is 102 cm³/mol. The van der Waals surface area contributed by atoms with E-state index in [9.17, 15) is 19.8 Å². The molecule has 0 amide bonds. The van der Waals surface area contributed by atoms with Crippen LogP contribution in [0.4, 0.5) is 0 Å². The fourth-order valence-corrected chi connectivity index (χ4v) is 6.14. The fourth-order valence-electron chi connectivity index (χ4n) is 6.14. The summed E-state index contributed by atoms with van der Waals surface area (Å²) in [5.41, 5.74) is -1.96. The van der Waals surface area contributed by atoms with E-state index in [0.29, 0.717) is 24.0 Å². The average Bonchev–Trinajstić information content (AvgIpc) is 2.62. The Balaban J connectivity index is 1.62. The lowest BCUT2D eigenvalue weighted by Crippen LogP contribution is -2.59. The Morgan fingerprint density at radius 1 is 1.07 bits per heavy atom. The van der Waals surface area contributed by atoms with Crippen LogP contribution in [0.1, 0.15) is 48.9 Å². The highest BCUT2D eigenvalue weighted by Gasteiger charge is 2.58. The summed E-state index contributed by atoms with van der Waals surface area (Å²) in [7, 11) is 0. The van der Waals surface area contributed by atoms with Crippen molar-refractivity contribution in [1.29, 1.82) is 0 Å². The molecule has 2 N–H and O–H groups in total. The largest absolute Gasteiger partial charge is 0.477 e. The van der Waals surface area contributed by atoms with Crippen LogP contribution in [-0.2, 0) is 5.54 Å². The molecule has 1 heterocycles. The Kier molecular flexibility index (Phi) is 3.72. The number of aromatic nitrogens is 1. The van der Waals surface area contributed by atoms with Gasteiger partial charge in [0.15, 0.2) is 5.75 Å². The van der Waals surface area contributed by atoms with Gasteiger partial charge in [0.2, 0.25) is 5.43 Å². The molecule has 0 radical (unpaired) electrons. The summed E-state index contributed by atoms with van der Waals surface area (Å²) in [6.45, 7) is 0. The van der Waals surface area contributed by atoms with Gasteiger partial charge in [-0.2, -0.15) is 0 Å². The normalized spacial score (nSPS) is 33.0. The van der Waals surface area contributed by atoms with Gasteiger partial charge in [-0.1, -0.05) is 18.2 Å². The Bertz CT molecular complexity index is 982. The number of ether oxygens (including phenoxy) is 1. The van der Waals surface area contributed by atoms with Crippen molar-refractivity contribution in [3.63, 3.8) is 0 Å². The highest BCUT2D eigenvalue weighted by atomic mass is 16.5. The van der Waals surface area contributed by atoms with Crippen molar-refractivity contribution in [1.82, 2.24) is 4.57 Å². The van der Waals surface area contributed by atoms with E-state index in [2.05, 4.69) is 0 Å². The Labute approximate surface area is 162 Å². The van der Waals surface area contributed by atoms with Gasteiger partial charge in [-0.25, -0.2) is 4.79 Å². The van der Waals surface area contributed by atoms with Gasteiger partial charge in [-0.3, -0.25) is 4.79 Å². The van der Waals surface area contributed by atoms with Crippen molar-refractivity contribution in [2.24, 2.45) is 11.8 Å². The van der Waals surface area contributed by atoms with Crippen molar-refractivity contribution in [3.8, 4) is 11.5 Å². The fraction of sp³-hybridized carbons (Fsp3) is 0.455. The number of carboxylic acids is 1. The maximum absolute atomic E-state index is 12.7. The summed E-state index contributed by atoms with van der Waals surface area (Å²) in [4.78, 5) is 24.4. The van der Waals surface area contributed by atoms with E-state index in [1.165, 1.54) is 6.20 Å². The molecule has 0 saturated heterocycles. The first-order chi connectivity index (χ1) is 13.4. The van der Waals surface area contributed by atoms with E-state index in [1.807, 2.05) is 10.6 Å². The van der Waals surface area contributed by atoms with Crippen LogP contribution in [0.15, 0.2) is 47.5 Å². The Hall–Kier alpha value is -2.60. The van der Waals surface area contributed by atoms with Crippen LogP contribution in [0, 0.1) is 11.8 Å². The minimum absolute atomic E-state index is 0.00818. The monoisotopic (exact) mass is 381 g/mol. The number of benzene rings is 1. The van der Waals surface area contributed by atoms with Gasteiger partial charge in [0.25, 0.3) is 0 Å². The summed E-state index contributed by atoms with van der Waals surface area (Å²) < 4.78 is 7.63. The van der Waals surface area contributed by atoms with Gasteiger partial charge in [0.05, 0.1) is 11.8 Å². The molecule has 2 aromatic rings. The number of rotatable bonds is 4. The van der Waals surface area contributed by atoms with Crippen molar-refractivity contribution in [2.75, 3.05) is 0 Å². The molecule has 1 aromatic carbocycles. The predicted octanol–water partition coefficient (Wildman–Crippen LogP) is 3.38. The molecular formula is C22H23NO5. The molecule has 6 rings (SSSR count). The minimum atomic E-state index is -1.26. The second kappa shape index (κ2) is 5.95. The maximum Gasteiger partial charge on any atom is 0.341 e. The number of para-hydroxylation sites is 1. The standard InChI is InChI=1S/C22H23NO5/c24-19-17(20(25)26)11-23(12-18(19)28-16-4-2-1-3-5-16)21-7-14-6-15(8-21)10-22(27,9-14)13-21/h1-5,11-12,14-15,27H,6-10,13H2,(H,25,26)/t14-,15-,21?,22?/m1/s1. The number of hydrogen-bond donors (Lipinski definition) is 2. The molecule has 4 aliphatic rings. The van der Waals surface area contributed by atoms with Crippen LogP contribution in [0.25, 0.3) is 0 Å². The molecule has 6 heteroatoms. The summed E-state index contributed by atoms with van der Waals surface area (Å²) in [5.74, 6) is 0.113. The molecule has 0 unspecified atom stereocenters. The molecule has 0 spiro atoms. The van der Waals surface area contributed by atoms with Crippen LogP contribution in [0.5, 0.6) is 11.5 Å². The first-order valence-corrected chi connectivity index (χ1v) is 9.81. The lowest BCUT2D eigenvalue weighted by Gasteiger charge is -2.60. The SMILES string of the molecule is O=C(O)c1cn(C23C[C@H]4C[C@@H](CC(O)(C4)C2)C3)cc(Oc2ccccc2)c1=O. The zero-order valence-corrected chi connectivity index (χ0v) is 15.5. The van der Waals surface area contributed by atoms with Crippen LogP contribution in [0.3, 0.4) is 0 Å². The maximum atomic E-state index is 12.7. The molecule has 28 heavy (non-hydrogen) atoms. The van der Waals surface area contributed by atoms with Crippen LogP contribution in [0.2, 0.25) is 0 Å². The molecule has 4 saturated carbocycles. The number of carboxylic acid groups (broad SMARTS) is 1. The van der Waals surface area contributed by atoms with E-state index in [1.54, 1.807) is 30.5 Å². The van der Waals surface area contributed by atoms with Crippen LogP contribution >= 0.6 is 0 Å². The van der Waals surface area contributed by atoms with Crippen molar-refractivity contribution in [2.45, 2.75) is 49.7 Å². The van der Waals surface area contributed by atoms with Gasteiger partial charge in [0, 0.05) is 11.7 Å². The molecule has 4 fully saturated rings. The van der Waals surface area contributed by atoms with Gasteiger partial charge in [-0.05, 0) is 62.5 Å². The van der Waals surface area contributed by atoms with E-state index >= 15 is 0 Å². The highest BCUT2D eigenvalue weighted by molar-refractivity contribution is 5.87. The molecule has 1 aromatic heterocycles. The van der Waals surface area contributed by atoms with E-state index in [-0.39, 0.29) is 16.9 Å². The second-order valence-electron chi connectivity index (χ2n) is 8.90. The lowest BCUT2D eigenvalue weighted by molar-refractivity contribution is -0.156. The summed E-state index contributed by atoms with van der Waals surface area (Å²) in [6.07, 6.45) is 8.26. The number of hydrogen-bond acceptors (Lipinski definition) is 4. The highest BCUT2D eigenvalue weighted by Crippen LogP contribution is 2.60. The van der Waals surface area contributed by atoms with E-state index in [4.69, 9.17) is 4.74 Å². The Morgan fingerprint density at radius 3 is 2.36 bits per heavy atom. The number of aliphatic hydroxyl groups is 1. The van der Waals surface area contributed by atoms with E-state index in [0.717, 1.165) is 32.1 Å².